The molecule has 0 saturated heterocycles. The fourth-order valence-corrected chi connectivity index (χ4v) is 5.33. The highest BCUT2D eigenvalue weighted by Crippen LogP contribution is 2.21. The van der Waals surface area contributed by atoms with E-state index in [-0.39, 0.29) is 22.6 Å². The average Bonchev–Trinajstić information content (AvgIpc) is 2.74. The summed E-state index contributed by atoms with van der Waals surface area (Å²) in [6, 6.07) is 13.9. The summed E-state index contributed by atoms with van der Waals surface area (Å²) < 4.78 is 27.8. The Morgan fingerprint density at radius 2 is 1.34 bits per heavy atom. The smallest absolute Gasteiger partial charge is 0.255 e. The number of sulfonamides is 1. The average molecular weight is 460 g/mol. The molecule has 0 aliphatic heterocycles. The quantitative estimate of drug-likeness (QED) is 0.508. The molecule has 7 heteroatoms. The fraction of sp³-hybridized carbons (Fsp3) is 0.480. The van der Waals surface area contributed by atoms with Crippen LogP contribution in [0.1, 0.15) is 51.9 Å². The molecule has 0 heterocycles. The zero-order valence-electron chi connectivity index (χ0n) is 20.1. The first-order valence-corrected chi connectivity index (χ1v) is 12.8. The van der Waals surface area contributed by atoms with Crippen LogP contribution in [0.3, 0.4) is 0 Å². The molecule has 0 spiro atoms. The van der Waals surface area contributed by atoms with Gasteiger partial charge in [-0.3, -0.25) is 4.79 Å². The van der Waals surface area contributed by atoms with E-state index in [1.165, 1.54) is 16.4 Å². The van der Waals surface area contributed by atoms with Gasteiger partial charge in [0.2, 0.25) is 10.0 Å². The summed E-state index contributed by atoms with van der Waals surface area (Å²) in [5.41, 5.74) is 2.22. The van der Waals surface area contributed by atoms with Crippen LogP contribution in [0, 0.1) is 11.8 Å². The molecule has 2 aromatic carbocycles. The van der Waals surface area contributed by atoms with Gasteiger partial charge in [0.15, 0.2) is 0 Å². The van der Waals surface area contributed by atoms with Gasteiger partial charge in [-0.15, -0.1) is 0 Å². The molecule has 0 aliphatic rings. The molecule has 6 nitrogen and oxygen atoms in total. The number of nitrogens with zero attached hydrogens (tertiary/aromatic N) is 2. The van der Waals surface area contributed by atoms with E-state index in [4.69, 9.17) is 0 Å². The Labute approximate surface area is 193 Å². The molecule has 1 amide bonds. The third-order valence-corrected chi connectivity index (χ3v) is 6.99. The zero-order valence-corrected chi connectivity index (χ0v) is 20.9. The molecular weight excluding hydrogens is 422 g/mol. The molecule has 0 bridgehead atoms. The lowest BCUT2D eigenvalue weighted by Crippen LogP contribution is -2.37. The summed E-state index contributed by atoms with van der Waals surface area (Å²) in [7, 11) is -3.61. The normalized spacial score (nSPS) is 11.9. The monoisotopic (exact) mass is 459 g/mol. The Balaban J connectivity index is 2.14. The Morgan fingerprint density at radius 3 is 1.78 bits per heavy atom. The first-order chi connectivity index (χ1) is 15.1. The van der Waals surface area contributed by atoms with Gasteiger partial charge in [-0.25, -0.2) is 8.42 Å². The summed E-state index contributed by atoms with van der Waals surface area (Å²) in [6.45, 7) is 15.0. The van der Waals surface area contributed by atoms with E-state index < -0.39 is 10.0 Å². The molecule has 0 radical (unpaired) electrons. The number of rotatable bonds is 11. The van der Waals surface area contributed by atoms with Crippen LogP contribution in [0.15, 0.2) is 53.4 Å². The Kier molecular flexibility index (Phi) is 9.28. The largest absolute Gasteiger partial charge is 0.372 e. The second-order valence-corrected chi connectivity index (χ2v) is 10.7. The highest BCUT2D eigenvalue weighted by atomic mass is 32.2. The van der Waals surface area contributed by atoms with E-state index in [2.05, 4.69) is 24.1 Å². The molecule has 0 unspecified atom stereocenters. The minimum absolute atomic E-state index is 0.207. The molecule has 2 rings (SSSR count). The minimum atomic E-state index is -3.61. The van der Waals surface area contributed by atoms with Gasteiger partial charge in [0, 0.05) is 43.1 Å². The van der Waals surface area contributed by atoms with Crippen LogP contribution in [0.25, 0.3) is 0 Å². The van der Waals surface area contributed by atoms with Gasteiger partial charge in [0.05, 0.1) is 4.90 Å². The minimum Gasteiger partial charge on any atom is -0.372 e. The molecule has 32 heavy (non-hydrogen) atoms. The predicted molar refractivity (Wildman–Crippen MR) is 133 cm³/mol. The molecule has 0 saturated carbocycles. The third kappa shape index (κ3) is 6.81. The van der Waals surface area contributed by atoms with E-state index >= 15 is 0 Å². The number of anilines is 2. The number of carbonyl (C=O) groups excluding carboxylic acids is 1. The molecule has 0 aliphatic carbocycles. The number of nitrogens with one attached hydrogen (secondary N) is 1. The topological polar surface area (TPSA) is 69.7 Å². The van der Waals surface area contributed by atoms with Crippen LogP contribution >= 0.6 is 0 Å². The zero-order chi connectivity index (χ0) is 23.9. The fourth-order valence-electron chi connectivity index (χ4n) is 3.56. The highest BCUT2D eigenvalue weighted by molar-refractivity contribution is 7.89. The predicted octanol–water partition coefficient (Wildman–Crippen LogP) is 5.09. The second-order valence-electron chi connectivity index (χ2n) is 8.81. The maximum Gasteiger partial charge on any atom is 0.255 e. The molecule has 176 valence electrons. The van der Waals surface area contributed by atoms with E-state index in [0.29, 0.717) is 24.3 Å². The van der Waals surface area contributed by atoms with Gasteiger partial charge in [-0.2, -0.15) is 4.31 Å². The van der Waals surface area contributed by atoms with Gasteiger partial charge in [-0.05, 0) is 74.2 Å². The molecule has 0 aromatic heterocycles. The van der Waals surface area contributed by atoms with Crippen molar-refractivity contribution in [3.05, 3.63) is 54.1 Å². The van der Waals surface area contributed by atoms with Crippen molar-refractivity contribution in [1.29, 1.82) is 0 Å². The summed E-state index contributed by atoms with van der Waals surface area (Å²) >= 11 is 0. The SMILES string of the molecule is CCN(CC)c1ccc(NC(=O)c2ccc(S(=O)(=O)N(CC(C)C)CC(C)C)cc2)cc1. The lowest BCUT2D eigenvalue weighted by Gasteiger charge is -2.25. The Morgan fingerprint density at radius 1 is 0.844 bits per heavy atom. The summed E-state index contributed by atoms with van der Waals surface area (Å²) in [6.07, 6.45) is 0. The number of amides is 1. The van der Waals surface area contributed by atoms with Crippen molar-refractivity contribution in [2.45, 2.75) is 46.4 Å². The summed E-state index contributed by atoms with van der Waals surface area (Å²) in [5.74, 6) is 0.175. The van der Waals surface area contributed by atoms with Crippen molar-refractivity contribution >= 4 is 27.3 Å². The van der Waals surface area contributed by atoms with Crippen molar-refractivity contribution < 1.29 is 13.2 Å². The van der Waals surface area contributed by atoms with Crippen LogP contribution in [-0.2, 0) is 10.0 Å². The van der Waals surface area contributed by atoms with Crippen LogP contribution in [-0.4, -0.2) is 44.8 Å². The van der Waals surface area contributed by atoms with Crippen molar-refractivity contribution in [3.8, 4) is 0 Å². The number of benzene rings is 2. The van der Waals surface area contributed by atoms with Gasteiger partial charge >= 0.3 is 0 Å². The maximum absolute atomic E-state index is 13.1. The Hall–Kier alpha value is -2.38. The van der Waals surface area contributed by atoms with Gasteiger partial charge in [0.1, 0.15) is 0 Å². The van der Waals surface area contributed by atoms with E-state index in [1.54, 1.807) is 12.1 Å². The summed E-state index contributed by atoms with van der Waals surface area (Å²) in [5, 5.41) is 2.88. The number of hydrogen-bond donors (Lipinski definition) is 1. The molecule has 0 atom stereocenters. The highest BCUT2D eigenvalue weighted by Gasteiger charge is 2.26. The molecule has 2 aromatic rings. The maximum atomic E-state index is 13.1. The number of carbonyl (C=O) groups is 1. The lowest BCUT2D eigenvalue weighted by atomic mass is 10.2. The van der Waals surface area contributed by atoms with Gasteiger partial charge < -0.3 is 10.2 Å². The van der Waals surface area contributed by atoms with Crippen molar-refractivity contribution in [3.63, 3.8) is 0 Å². The molecule has 0 fully saturated rings. The van der Waals surface area contributed by atoms with Crippen molar-refractivity contribution in [2.75, 3.05) is 36.4 Å². The molecular formula is C25H37N3O3S. The van der Waals surface area contributed by atoms with Crippen LogP contribution < -0.4 is 10.2 Å². The van der Waals surface area contributed by atoms with Crippen LogP contribution in [0.5, 0.6) is 0 Å². The first-order valence-electron chi connectivity index (χ1n) is 11.3. The number of hydrogen-bond acceptors (Lipinski definition) is 4. The van der Waals surface area contributed by atoms with Crippen LogP contribution in [0.2, 0.25) is 0 Å². The lowest BCUT2D eigenvalue weighted by molar-refractivity contribution is 0.102. The second kappa shape index (κ2) is 11.5. The first kappa shape index (κ1) is 25.9. The summed E-state index contributed by atoms with van der Waals surface area (Å²) in [4.78, 5) is 15.1. The van der Waals surface area contributed by atoms with E-state index in [1.807, 2.05) is 52.0 Å². The standard InChI is InChI=1S/C25H37N3O3S/c1-7-27(8-2)23-13-11-22(12-14-23)26-25(29)21-9-15-24(16-10-21)32(30,31)28(17-19(3)4)18-20(5)6/h9-16,19-20H,7-8,17-18H2,1-6H3,(H,26,29). The van der Waals surface area contributed by atoms with E-state index in [9.17, 15) is 13.2 Å². The van der Waals surface area contributed by atoms with Crippen molar-refractivity contribution in [2.24, 2.45) is 11.8 Å². The van der Waals surface area contributed by atoms with Crippen molar-refractivity contribution in [1.82, 2.24) is 4.31 Å². The van der Waals surface area contributed by atoms with Crippen LogP contribution in [0.4, 0.5) is 11.4 Å². The van der Waals surface area contributed by atoms with Gasteiger partial charge in [0.25, 0.3) is 5.91 Å². The van der Waals surface area contributed by atoms with Gasteiger partial charge in [-0.1, -0.05) is 27.7 Å². The molecule has 1 N–H and O–H groups in total. The third-order valence-electron chi connectivity index (χ3n) is 5.15. The van der Waals surface area contributed by atoms with E-state index in [0.717, 1.165) is 18.8 Å². The Bertz CT molecular complexity index is 954.